The number of benzene rings is 1. The van der Waals surface area contributed by atoms with Crippen LogP contribution < -0.4 is 10.1 Å². The summed E-state index contributed by atoms with van der Waals surface area (Å²) in [7, 11) is 1.56. The molecule has 7 heteroatoms. The van der Waals surface area contributed by atoms with Gasteiger partial charge in [-0.15, -0.1) is 0 Å². The van der Waals surface area contributed by atoms with Gasteiger partial charge in [0, 0.05) is 30.5 Å². The van der Waals surface area contributed by atoms with Gasteiger partial charge in [-0.3, -0.25) is 9.69 Å². The molecule has 1 saturated heterocycles. The topological polar surface area (TPSA) is 70.2 Å². The summed E-state index contributed by atoms with van der Waals surface area (Å²) >= 11 is 6.08. The first-order chi connectivity index (χ1) is 11.7. The number of amides is 1. The molecule has 1 aliphatic rings. The second-order valence-corrected chi connectivity index (χ2v) is 6.35. The fraction of sp³-hybridized carbons (Fsp3) is 0.412. The number of methoxy groups -OCH3 is 1. The molecule has 2 N–H and O–H groups in total. The molecule has 0 bridgehead atoms. The average molecular weight is 349 g/mol. The molecule has 2 aromatic rings. The molecule has 0 aliphatic carbocycles. The maximum atomic E-state index is 12.3. The highest BCUT2D eigenvalue weighted by molar-refractivity contribution is 6.32. The Kier molecular flexibility index (Phi) is 5.37. The highest BCUT2D eigenvalue weighted by atomic mass is 35.5. The maximum absolute atomic E-state index is 12.3. The van der Waals surface area contributed by atoms with Gasteiger partial charge in [0.1, 0.15) is 11.6 Å². The van der Waals surface area contributed by atoms with Crippen LogP contribution in [0.25, 0.3) is 0 Å². The molecular formula is C17H21ClN4O2. The first-order valence-corrected chi connectivity index (χ1v) is 8.38. The summed E-state index contributed by atoms with van der Waals surface area (Å²) in [4.78, 5) is 22.0. The number of halogens is 1. The molecule has 1 aromatic heterocycles. The first kappa shape index (κ1) is 16.8. The molecule has 0 radical (unpaired) electrons. The van der Waals surface area contributed by atoms with E-state index in [4.69, 9.17) is 16.3 Å². The number of aromatic nitrogens is 2. The maximum Gasteiger partial charge on any atom is 0.238 e. The molecule has 24 heavy (non-hydrogen) atoms. The Morgan fingerprint density at radius 1 is 1.54 bits per heavy atom. The quantitative estimate of drug-likeness (QED) is 0.871. The van der Waals surface area contributed by atoms with E-state index in [0.29, 0.717) is 28.9 Å². The van der Waals surface area contributed by atoms with Crippen LogP contribution in [0.5, 0.6) is 5.75 Å². The Hall–Kier alpha value is -2.05. The van der Waals surface area contributed by atoms with Crippen molar-refractivity contribution in [2.45, 2.75) is 18.8 Å². The van der Waals surface area contributed by atoms with Crippen molar-refractivity contribution in [2.75, 3.05) is 32.1 Å². The Bertz CT molecular complexity index is 690. The van der Waals surface area contributed by atoms with Gasteiger partial charge in [-0.1, -0.05) is 11.6 Å². The van der Waals surface area contributed by atoms with E-state index in [1.54, 1.807) is 31.5 Å². The fourth-order valence-electron chi connectivity index (χ4n) is 3.07. The minimum Gasteiger partial charge on any atom is -0.495 e. The largest absolute Gasteiger partial charge is 0.495 e. The third-order valence-corrected chi connectivity index (χ3v) is 4.51. The summed E-state index contributed by atoms with van der Waals surface area (Å²) < 4.78 is 5.11. The number of likely N-dealkylation sites (tertiary alicyclic amines) is 1. The number of imidazole rings is 1. The third-order valence-electron chi connectivity index (χ3n) is 4.21. The van der Waals surface area contributed by atoms with E-state index >= 15 is 0 Å². The van der Waals surface area contributed by atoms with Crippen LogP contribution in [0.2, 0.25) is 5.02 Å². The van der Waals surface area contributed by atoms with Gasteiger partial charge < -0.3 is 15.0 Å². The van der Waals surface area contributed by atoms with Crippen molar-refractivity contribution in [1.29, 1.82) is 0 Å². The lowest BCUT2D eigenvalue weighted by atomic mass is 9.97. The van der Waals surface area contributed by atoms with Crippen molar-refractivity contribution in [3.05, 3.63) is 41.4 Å². The summed E-state index contributed by atoms with van der Waals surface area (Å²) in [5.74, 6) is 1.90. The van der Waals surface area contributed by atoms with E-state index in [0.717, 1.165) is 31.8 Å². The molecule has 3 rings (SSSR count). The van der Waals surface area contributed by atoms with Gasteiger partial charge in [0.05, 0.1) is 18.7 Å². The van der Waals surface area contributed by atoms with Crippen LogP contribution in [0.3, 0.4) is 0 Å². The van der Waals surface area contributed by atoms with Gasteiger partial charge >= 0.3 is 0 Å². The monoisotopic (exact) mass is 348 g/mol. The van der Waals surface area contributed by atoms with Crippen molar-refractivity contribution in [1.82, 2.24) is 14.9 Å². The fourth-order valence-corrected chi connectivity index (χ4v) is 3.33. The van der Waals surface area contributed by atoms with E-state index in [1.807, 2.05) is 6.20 Å². The van der Waals surface area contributed by atoms with Gasteiger partial charge in [0.15, 0.2) is 0 Å². The third kappa shape index (κ3) is 4.07. The number of hydrogen-bond donors (Lipinski definition) is 2. The number of ether oxygens (including phenoxy) is 1. The van der Waals surface area contributed by atoms with Crippen LogP contribution in [0.4, 0.5) is 5.69 Å². The van der Waals surface area contributed by atoms with Crippen molar-refractivity contribution in [3.8, 4) is 5.75 Å². The van der Waals surface area contributed by atoms with Crippen LogP contribution in [0, 0.1) is 0 Å². The summed E-state index contributed by atoms with van der Waals surface area (Å²) in [6.07, 6.45) is 5.77. The number of rotatable bonds is 5. The number of carbonyl (C=O) groups is 1. The number of anilines is 1. The molecule has 2 heterocycles. The number of aromatic amines is 1. The summed E-state index contributed by atoms with van der Waals surface area (Å²) in [6.45, 7) is 2.12. The lowest BCUT2D eigenvalue weighted by Crippen LogP contribution is -2.40. The number of hydrogen-bond acceptors (Lipinski definition) is 4. The molecule has 128 valence electrons. The molecule has 1 fully saturated rings. The summed E-state index contributed by atoms with van der Waals surface area (Å²) in [5.41, 5.74) is 0.672. The van der Waals surface area contributed by atoms with Crippen LogP contribution >= 0.6 is 11.6 Å². The Morgan fingerprint density at radius 2 is 2.42 bits per heavy atom. The van der Waals surface area contributed by atoms with E-state index in [2.05, 4.69) is 20.2 Å². The summed E-state index contributed by atoms with van der Waals surface area (Å²) in [5, 5.41) is 3.36. The second kappa shape index (κ2) is 7.68. The van der Waals surface area contributed by atoms with Crippen LogP contribution in [-0.4, -0.2) is 47.5 Å². The highest BCUT2D eigenvalue weighted by Gasteiger charge is 2.24. The minimum absolute atomic E-state index is 0.0451. The van der Waals surface area contributed by atoms with E-state index < -0.39 is 0 Å². The van der Waals surface area contributed by atoms with Gasteiger partial charge in [0.2, 0.25) is 5.91 Å². The number of nitrogens with zero attached hydrogens (tertiary/aromatic N) is 2. The van der Waals surface area contributed by atoms with Crippen molar-refractivity contribution in [3.63, 3.8) is 0 Å². The van der Waals surface area contributed by atoms with E-state index in [-0.39, 0.29) is 5.91 Å². The Morgan fingerprint density at radius 3 is 3.12 bits per heavy atom. The van der Waals surface area contributed by atoms with E-state index in [9.17, 15) is 4.79 Å². The predicted octanol–water partition coefficient (Wildman–Crippen LogP) is 2.89. The number of nitrogens with one attached hydrogen (secondary N) is 2. The molecule has 1 aliphatic heterocycles. The molecular weight excluding hydrogens is 328 g/mol. The molecule has 0 unspecified atom stereocenters. The molecule has 1 amide bonds. The first-order valence-electron chi connectivity index (χ1n) is 8.00. The SMILES string of the molecule is COc1ccc(NC(=O)CN2CCC[C@H](c3ncc[nH]3)C2)cc1Cl. The Labute approximate surface area is 146 Å². The standard InChI is InChI=1S/C17H21ClN4O2/c1-24-15-5-4-13(9-14(15)18)21-16(23)11-22-8-2-3-12(10-22)17-19-6-7-20-17/h4-7,9,12H,2-3,8,10-11H2,1H3,(H,19,20)(H,21,23)/t12-/m0/s1. The minimum atomic E-state index is -0.0451. The van der Waals surface area contributed by atoms with Gasteiger partial charge in [-0.25, -0.2) is 4.98 Å². The zero-order valence-corrected chi connectivity index (χ0v) is 14.3. The molecule has 1 atom stereocenters. The number of piperidine rings is 1. The smallest absolute Gasteiger partial charge is 0.238 e. The van der Waals surface area contributed by atoms with Crippen LogP contribution in [-0.2, 0) is 4.79 Å². The highest BCUT2D eigenvalue weighted by Crippen LogP contribution is 2.27. The second-order valence-electron chi connectivity index (χ2n) is 5.95. The molecule has 1 aromatic carbocycles. The van der Waals surface area contributed by atoms with Crippen molar-refractivity contribution < 1.29 is 9.53 Å². The van der Waals surface area contributed by atoms with E-state index in [1.165, 1.54) is 0 Å². The van der Waals surface area contributed by atoms with Gasteiger partial charge in [-0.2, -0.15) is 0 Å². The zero-order valence-electron chi connectivity index (χ0n) is 13.6. The molecule has 0 spiro atoms. The number of H-pyrrole nitrogens is 1. The van der Waals surface area contributed by atoms with Gasteiger partial charge in [0.25, 0.3) is 0 Å². The van der Waals surface area contributed by atoms with Crippen LogP contribution in [0.1, 0.15) is 24.6 Å². The van der Waals surface area contributed by atoms with Crippen molar-refractivity contribution >= 4 is 23.2 Å². The average Bonchev–Trinajstić information content (AvgIpc) is 3.10. The van der Waals surface area contributed by atoms with Crippen LogP contribution in [0.15, 0.2) is 30.6 Å². The predicted molar refractivity (Wildman–Crippen MR) is 93.6 cm³/mol. The Balaban J connectivity index is 1.55. The normalized spacial score (nSPS) is 18.3. The zero-order chi connectivity index (χ0) is 16.9. The lowest BCUT2D eigenvalue weighted by molar-refractivity contribution is -0.117. The van der Waals surface area contributed by atoms with Gasteiger partial charge in [-0.05, 0) is 37.6 Å². The molecule has 0 saturated carbocycles. The lowest BCUT2D eigenvalue weighted by Gasteiger charge is -2.31. The number of carbonyl (C=O) groups excluding carboxylic acids is 1. The summed E-state index contributed by atoms with van der Waals surface area (Å²) in [6, 6.07) is 5.22. The van der Waals surface area contributed by atoms with Crippen molar-refractivity contribution in [2.24, 2.45) is 0 Å². The molecule has 6 nitrogen and oxygen atoms in total.